The molecule has 0 fully saturated rings. The lowest BCUT2D eigenvalue weighted by Crippen LogP contribution is -2.21. The fourth-order valence-corrected chi connectivity index (χ4v) is 0.641. The summed E-state index contributed by atoms with van der Waals surface area (Å²) in [5.41, 5.74) is 5.80. The lowest BCUT2D eigenvalue weighted by atomic mass is 10.2. The predicted molar refractivity (Wildman–Crippen MR) is 34.8 cm³/mol. The third-order valence-electron chi connectivity index (χ3n) is 0.852. The Labute approximate surface area is 58.1 Å². The Morgan fingerprint density at radius 3 is 2.33 bits per heavy atom. The summed E-state index contributed by atoms with van der Waals surface area (Å²) >= 11 is 5.13. The van der Waals surface area contributed by atoms with Crippen molar-refractivity contribution in [2.24, 2.45) is 5.73 Å². The minimum absolute atomic E-state index is 0.0247. The molecule has 0 aromatic rings. The number of hydrogen-bond acceptors (Lipinski definition) is 2. The van der Waals surface area contributed by atoms with Crippen molar-refractivity contribution in [3.05, 3.63) is 11.1 Å². The number of carbonyl (C=O) groups is 1. The highest BCUT2D eigenvalue weighted by atomic mass is 35.5. The number of aliphatic hydroxyl groups is 1. The van der Waals surface area contributed by atoms with Crippen LogP contribution in [0.15, 0.2) is 11.1 Å². The highest BCUT2D eigenvalue weighted by Gasteiger charge is 2.09. The van der Waals surface area contributed by atoms with Crippen LogP contribution < -0.4 is 5.73 Å². The van der Waals surface area contributed by atoms with Gasteiger partial charge in [0.2, 0.25) is 5.91 Å². The van der Waals surface area contributed by atoms with Gasteiger partial charge in [-0.25, -0.2) is 0 Å². The molecule has 0 radical (unpaired) electrons. The lowest BCUT2D eigenvalue weighted by Gasteiger charge is -2.02. The van der Waals surface area contributed by atoms with E-state index in [-0.39, 0.29) is 5.57 Å². The van der Waals surface area contributed by atoms with E-state index in [2.05, 4.69) is 0 Å². The van der Waals surface area contributed by atoms with Crippen LogP contribution in [-0.2, 0) is 4.79 Å². The van der Waals surface area contributed by atoms with Gasteiger partial charge in [0.1, 0.15) is 0 Å². The van der Waals surface area contributed by atoms with Crippen LogP contribution in [0.3, 0.4) is 0 Å². The van der Waals surface area contributed by atoms with Crippen molar-refractivity contribution in [1.82, 2.24) is 0 Å². The molecule has 3 nitrogen and oxygen atoms in total. The average molecular weight is 150 g/mol. The van der Waals surface area contributed by atoms with Crippen LogP contribution in [0.1, 0.15) is 6.92 Å². The molecule has 52 valence electrons. The largest absolute Gasteiger partial charge is 0.388 e. The van der Waals surface area contributed by atoms with E-state index in [1.54, 1.807) is 0 Å². The molecule has 4 heteroatoms. The zero-order valence-electron chi connectivity index (χ0n) is 4.97. The molecule has 0 aliphatic heterocycles. The first kappa shape index (κ1) is 8.46. The standard InChI is InChI=1S/C5H8ClNO2/c1-3(8)4(2-6)5(7)9/h2-3,8H,1H3,(H2,7,9). The number of nitrogens with two attached hydrogens (primary N) is 1. The summed E-state index contributed by atoms with van der Waals surface area (Å²) in [4.78, 5) is 10.3. The highest BCUT2D eigenvalue weighted by molar-refractivity contribution is 6.27. The Kier molecular flexibility index (Phi) is 3.27. The summed E-state index contributed by atoms with van der Waals surface area (Å²) in [6.07, 6.45) is -0.889. The van der Waals surface area contributed by atoms with Gasteiger partial charge in [-0.1, -0.05) is 11.6 Å². The highest BCUT2D eigenvalue weighted by Crippen LogP contribution is 2.01. The molecule has 0 heterocycles. The van der Waals surface area contributed by atoms with E-state index >= 15 is 0 Å². The normalized spacial score (nSPS) is 15.2. The Morgan fingerprint density at radius 2 is 2.33 bits per heavy atom. The van der Waals surface area contributed by atoms with Gasteiger partial charge >= 0.3 is 0 Å². The molecule has 0 aromatic carbocycles. The summed E-state index contributed by atoms with van der Waals surface area (Å²) in [7, 11) is 0. The number of rotatable bonds is 2. The smallest absolute Gasteiger partial charge is 0.248 e. The first-order valence-electron chi connectivity index (χ1n) is 2.37. The van der Waals surface area contributed by atoms with E-state index < -0.39 is 12.0 Å². The molecule has 0 bridgehead atoms. The maximum Gasteiger partial charge on any atom is 0.248 e. The van der Waals surface area contributed by atoms with E-state index in [9.17, 15) is 4.79 Å². The summed E-state index contributed by atoms with van der Waals surface area (Å²) in [6, 6.07) is 0. The molecule has 0 saturated carbocycles. The van der Waals surface area contributed by atoms with Gasteiger partial charge in [-0.15, -0.1) is 0 Å². The van der Waals surface area contributed by atoms with Gasteiger partial charge in [-0.05, 0) is 6.92 Å². The van der Waals surface area contributed by atoms with Gasteiger partial charge in [0.05, 0.1) is 11.7 Å². The van der Waals surface area contributed by atoms with E-state index in [1.165, 1.54) is 6.92 Å². The zero-order valence-corrected chi connectivity index (χ0v) is 5.72. The van der Waals surface area contributed by atoms with Crippen LogP contribution in [-0.4, -0.2) is 17.1 Å². The van der Waals surface area contributed by atoms with Gasteiger partial charge < -0.3 is 10.8 Å². The van der Waals surface area contributed by atoms with Gasteiger partial charge in [0, 0.05) is 5.54 Å². The third kappa shape index (κ3) is 2.49. The molecular formula is C5H8ClNO2. The van der Waals surface area contributed by atoms with Crippen molar-refractivity contribution < 1.29 is 9.90 Å². The molecule has 0 saturated heterocycles. The van der Waals surface area contributed by atoms with Crippen LogP contribution in [0.2, 0.25) is 0 Å². The van der Waals surface area contributed by atoms with Gasteiger partial charge in [0.15, 0.2) is 0 Å². The molecule has 0 rings (SSSR count). The number of aliphatic hydroxyl groups excluding tert-OH is 1. The number of hydrogen-bond donors (Lipinski definition) is 2. The minimum Gasteiger partial charge on any atom is -0.388 e. The third-order valence-corrected chi connectivity index (χ3v) is 1.09. The van der Waals surface area contributed by atoms with E-state index in [4.69, 9.17) is 22.4 Å². The van der Waals surface area contributed by atoms with Crippen LogP contribution in [0.4, 0.5) is 0 Å². The van der Waals surface area contributed by atoms with Gasteiger partial charge in [0.25, 0.3) is 0 Å². The Balaban J connectivity index is 4.19. The zero-order chi connectivity index (χ0) is 7.44. The van der Waals surface area contributed by atoms with Crippen molar-refractivity contribution in [2.75, 3.05) is 0 Å². The quantitative estimate of drug-likeness (QED) is 0.542. The molecule has 0 aromatic heterocycles. The molecular weight excluding hydrogens is 142 g/mol. The first-order valence-corrected chi connectivity index (χ1v) is 2.81. The van der Waals surface area contributed by atoms with Crippen LogP contribution >= 0.6 is 11.6 Å². The van der Waals surface area contributed by atoms with Crippen LogP contribution in [0, 0.1) is 0 Å². The summed E-state index contributed by atoms with van der Waals surface area (Å²) < 4.78 is 0. The lowest BCUT2D eigenvalue weighted by molar-refractivity contribution is -0.115. The maximum absolute atomic E-state index is 10.3. The Hall–Kier alpha value is -0.540. The van der Waals surface area contributed by atoms with Crippen molar-refractivity contribution in [3.8, 4) is 0 Å². The molecule has 3 N–H and O–H groups in total. The van der Waals surface area contributed by atoms with Crippen molar-refractivity contribution >= 4 is 17.5 Å². The molecule has 0 aliphatic rings. The second-order valence-electron chi connectivity index (χ2n) is 1.60. The number of halogens is 1. The fourth-order valence-electron chi connectivity index (χ4n) is 0.351. The van der Waals surface area contributed by atoms with Gasteiger partial charge in [-0.3, -0.25) is 4.79 Å². The SMILES string of the molecule is CC(O)C(=CCl)C(N)=O. The van der Waals surface area contributed by atoms with Gasteiger partial charge in [-0.2, -0.15) is 0 Å². The predicted octanol–water partition coefficient (Wildman–Crippen LogP) is -0.0248. The number of primary amides is 1. The Morgan fingerprint density at radius 1 is 1.89 bits per heavy atom. The molecule has 1 amide bonds. The molecule has 1 unspecified atom stereocenters. The summed E-state index contributed by atoms with van der Waals surface area (Å²) in [5, 5.41) is 8.73. The molecule has 0 aliphatic carbocycles. The van der Waals surface area contributed by atoms with Crippen LogP contribution in [0.5, 0.6) is 0 Å². The van der Waals surface area contributed by atoms with E-state index in [1.807, 2.05) is 0 Å². The summed E-state index contributed by atoms with van der Waals surface area (Å²) in [5.74, 6) is -0.694. The molecule has 0 spiro atoms. The first-order chi connectivity index (χ1) is 4.09. The second-order valence-corrected chi connectivity index (χ2v) is 1.82. The van der Waals surface area contributed by atoms with Crippen molar-refractivity contribution in [1.29, 1.82) is 0 Å². The minimum atomic E-state index is -0.889. The van der Waals surface area contributed by atoms with Crippen molar-refractivity contribution in [2.45, 2.75) is 13.0 Å². The van der Waals surface area contributed by atoms with Crippen LogP contribution in [0.25, 0.3) is 0 Å². The average Bonchev–Trinajstić information content (AvgIpc) is 1.64. The topological polar surface area (TPSA) is 63.3 Å². The van der Waals surface area contributed by atoms with E-state index in [0.717, 1.165) is 5.54 Å². The van der Waals surface area contributed by atoms with Crippen molar-refractivity contribution in [3.63, 3.8) is 0 Å². The number of amides is 1. The van der Waals surface area contributed by atoms with E-state index in [0.29, 0.717) is 0 Å². The summed E-state index contributed by atoms with van der Waals surface area (Å²) in [6.45, 7) is 1.42. The Bertz CT molecular complexity index is 142. The fraction of sp³-hybridized carbons (Fsp3) is 0.400. The molecule has 9 heavy (non-hydrogen) atoms. The number of carbonyl (C=O) groups excluding carboxylic acids is 1. The second kappa shape index (κ2) is 3.48. The maximum atomic E-state index is 10.3. The molecule has 1 atom stereocenters. The monoisotopic (exact) mass is 149 g/mol.